The van der Waals surface area contributed by atoms with Crippen LogP contribution in [0.15, 0.2) is 30.3 Å². The van der Waals surface area contributed by atoms with Crippen LogP contribution in [0, 0.1) is 11.8 Å². The highest BCUT2D eigenvalue weighted by Gasteiger charge is 2.76. The molecule has 1 aromatic carbocycles. The van der Waals surface area contributed by atoms with Gasteiger partial charge in [-0.25, -0.2) is 0 Å². The molecule has 208 valence electrons. The van der Waals surface area contributed by atoms with Crippen LogP contribution in [-0.2, 0) is 30.4 Å². The lowest BCUT2D eigenvalue weighted by molar-refractivity contribution is -0.145. The van der Waals surface area contributed by atoms with Gasteiger partial charge in [-0.15, -0.1) is 0 Å². The van der Waals surface area contributed by atoms with Gasteiger partial charge in [0.05, 0.1) is 43.8 Å². The summed E-state index contributed by atoms with van der Waals surface area (Å²) < 4.78 is 11.9. The van der Waals surface area contributed by atoms with Crippen LogP contribution in [0.25, 0.3) is 0 Å². The zero-order valence-corrected chi connectivity index (χ0v) is 23.3. The monoisotopic (exact) mass is 592 g/mol. The molecule has 3 amide bonds. The molecule has 4 aliphatic rings. The lowest BCUT2D eigenvalue weighted by Crippen LogP contribution is -2.58. The number of halogens is 1. The number of amides is 3. The number of alkyl halides is 1. The number of rotatable bonds is 10. The Labute approximate surface area is 231 Å². The number of hydrogen-bond donors (Lipinski definition) is 3. The van der Waals surface area contributed by atoms with Crippen molar-refractivity contribution in [1.29, 1.82) is 0 Å². The SMILES string of the molecule is CC[C@@H](CO)N1C(=O)[C@@H]2[C@H](C(=O)NCc3ccccc3)[C@H]3OC2(CC3Br)C1C(=O)NCCN1CCOCC1. The fraction of sp³-hybridized carbons (Fsp3) is 0.667. The van der Waals surface area contributed by atoms with Gasteiger partial charge in [-0.1, -0.05) is 53.2 Å². The lowest BCUT2D eigenvalue weighted by atomic mass is 9.70. The zero-order chi connectivity index (χ0) is 26.9. The summed E-state index contributed by atoms with van der Waals surface area (Å²) in [7, 11) is 0. The van der Waals surface area contributed by atoms with Crippen molar-refractivity contribution in [2.45, 2.75) is 54.9 Å². The maximum absolute atomic E-state index is 14.0. The number of fused-ring (bicyclic) bond motifs is 1. The van der Waals surface area contributed by atoms with Gasteiger partial charge in [0.2, 0.25) is 17.7 Å². The molecule has 0 saturated carbocycles. The summed E-state index contributed by atoms with van der Waals surface area (Å²) in [6.07, 6.45) is 0.408. The summed E-state index contributed by atoms with van der Waals surface area (Å²) >= 11 is 3.69. The fourth-order valence-corrected chi connectivity index (χ4v) is 7.58. The summed E-state index contributed by atoms with van der Waals surface area (Å²) in [5, 5.41) is 16.2. The van der Waals surface area contributed by atoms with Crippen molar-refractivity contribution in [1.82, 2.24) is 20.4 Å². The topological polar surface area (TPSA) is 120 Å². The number of aliphatic hydroxyl groups is 1. The van der Waals surface area contributed by atoms with Crippen molar-refractivity contribution in [3.8, 4) is 0 Å². The van der Waals surface area contributed by atoms with Gasteiger partial charge in [-0.3, -0.25) is 19.3 Å². The quantitative estimate of drug-likeness (QED) is 0.333. The highest BCUT2D eigenvalue weighted by Crippen LogP contribution is 2.60. The predicted octanol–water partition coefficient (Wildman–Crippen LogP) is 0.270. The maximum atomic E-state index is 14.0. The van der Waals surface area contributed by atoms with E-state index < -0.39 is 35.6 Å². The molecule has 1 aromatic rings. The molecule has 3 N–H and O–H groups in total. The second-order valence-corrected chi connectivity index (χ2v) is 11.8. The number of carbonyl (C=O) groups excluding carboxylic acids is 3. The molecule has 11 heteroatoms. The maximum Gasteiger partial charge on any atom is 0.245 e. The molecule has 0 aromatic heterocycles. The van der Waals surface area contributed by atoms with E-state index in [1.165, 1.54) is 4.90 Å². The van der Waals surface area contributed by atoms with Crippen LogP contribution in [0.2, 0.25) is 0 Å². The smallest absolute Gasteiger partial charge is 0.245 e. The van der Waals surface area contributed by atoms with Crippen molar-refractivity contribution in [2.24, 2.45) is 11.8 Å². The first-order chi connectivity index (χ1) is 18.4. The van der Waals surface area contributed by atoms with Gasteiger partial charge in [0.15, 0.2) is 0 Å². The van der Waals surface area contributed by atoms with Crippen LogP contribution in [0.3, 0.4) is 0 Å². The number of nitrogens with zero attached hydrogens (tertiary/aromatic N) is 2. The first-order valence-electron chi connectivity index (χ1n) is 13.6. The molecule has 38 heavy (non-hydrogen) atoms. The minimum absolute atomic E-state index is 0.170. The molecule has 4 fully saturated rings. The number of morpholine rings is 1. The van der Waals surface area contributed by atoms with Crippen LogP contribution < -0.4 is 10.6 Å². The van der Waals surface area contributed by atoms with Gasteiger partial charge >= 0.3 is 0 Å². The third kappa shape index (κ3) is 4.88. The molecule has 0 aliphatic carbocycles. The third-order valence-corrected chi connectivity index (χ3v) is 9.34. The van der Waals surface area contributed by atoms with Gasteiger partial charge < -0.3 is 30.1 Å². The fourth-order valence-electron chi connectivity index (χ4n) is 6.64. The van der Waals surface area contributed by atoms with E-state index >= 15 is 0 Å². The summed E-state index contributed by atoms with van der Waals surface area (Å²) in [6.45, 7) is 6.03. The Morgan fingerprint density at radius 2 is 1.92 bits per heavy atom. The van der Waals surface area contributed by atoms with E-state index in [4.69, 9.17) is 9.47 Å². The van der Waals surface area contributed by atoms with Gasteiger partial charge in [0.1, 0.15) is 11.6 Å². The van der Waals surface area contributed by atoms with Crippen LogP contribution in [0.4, 0.5) is 0 Å². The van der Waals surface area contributed by atoms with Crippen molar-refractivity contribution in [3.05, 3.63) is 35.9 Å². The molecule has 7 atom stereocenters. The van der Waals surface area contributed by atoms with Gasteiger partial charge in [-0.05, 0) is 18.4 Å². The standard InChI is InChI=1S/C27H37BrN4O6/c1-2-18(16-33)32-23(25(35)29-8-9-31-10-12-37-13-11-31)27-14-19(28)22(38-27)20(21(27)26(32)36)24(34)30-15-17-6-4-3-5-7-17/h3-7,18-23,33H,2,8-16H2,1H3,(H,29,35)(H,30,34)/t18-,19?,20-,21-,22-,23?,27?/m0/s1. The molecular weight excluding hydrogens is 556 g/mol. The minimum atomic E-state index is -1.13. The second-order valence-electron chi connectivity index (χ2n) is 10.6. The molecule has 4 aliphatic heterocycles. The van der Waals surface area contributed by atoms with Gasteiger partial charge in [0.25, 0.3) is 0 Å². The molecule has 10 nitrogen and oxygen atoms in total. The first-order valence-corrected chi connectivity index (χ1v) is 14.5. The number of ether oxygens (including phenoxy) is 2. The molecular formula is C27H37BrN4O6. The molecule has 2 bridgehead atoms. The van der Waals surface area contributed by atoms with Gasteiger partial charge in [0, 0.05) is 37.6 Å². The summed E-state index contributed by atoms with van der Waals surface area (Å²) in [4.78, 5) is 44.9. The second kappa shape index (κ2) is 11.6. The van der Waals surface area contributed by atoms with E-state index in [2.05, 4.69) is 31.5 Å². The Morgan fingerprint density at radius 3 is 2.61 bits per heavy atom. The molecule has 0 radical (unpaired) electrons. The van der Waals surface area contributed by atoms with E-state index in [1.54, 1.807) is 0 Å². The van der Waals surface area contributed by atoms with Crippen LogP contribution >= 0.6 is 15.9 Å². The van der Waals surface area contributed by atoms with E-state index in [0.29, 0.717) is 45.7 Å². The molecule has 5 rings (SSSR count). The van der Waals surface area contributed by atoms with Crippen molar-refractivity contribution in [2.75, 3.05) is 46.0 Å². The van der Waals surface area contributed by atoms with Crippen LogP contribution in [0.5, 0.6) is 0 Å². The summed E-state index contributed by atoms with van der Waals surface area (Å²) in [6, 6.07) is 8.13. The van der Waals surface area contributed by atoms with Crippen molar-refractivity contribution >= 4 is 33.7 Å². The molecule has 1 spiro atoms. The number of likely N-dealkylation sites (tertiary alicyclic amines) is 1. The van der Waals surface area contributed by atoms with Crippen molar-refractivity contribution < 1.29 is 29.0 Å². The average molecular weight is 594 g/mol. The Morgan fingerprint density at radius 1 is 1.18 bits per heavy atom. The number of hydrogen-bond acceptors (Lipinski definition) is 7. The Hall–Kier alpha value is -2.05. The minimum Gasteiger partial charge on any atom is -0.394 e. The van der Waals surface area contributed by atoms with E-state index in [0.717, 1.165) is 18.7 Å². The van der Waals surface area contributed by atoms with Crippen molar-refractivity contribution in [3.63, 3.8) is 0 Å². The van der Waals surface area contributed by atoms with E-state index in [9.17, 15) is 19.5 Å². The third-order valence-electron chi connectivity index (χ3n) is 8.49. The number of benzene rings is 1. The number of nitrogens with one attached hydrogen (secondary N) is 2. The van der Waals surface area contributed by atoms with E-state index in [1.807, 2.05) is 37.3 Å². The normalized spacial score (nSPS) is 33.3. The Bertz CT molecular complexity index is 1020. The van der Waals surface area contributed by atoms with Crippen LogP contribution in [0.1, 0.15) is 25.3 Å². The largest absolute Gasteiger partial charge is 0.394 e. The summed E-state index contributed by atoms with van der Waals surface area (Å²) in [5.41, 5.74) is -0.172. The predicted molar refractivity (Wildman–Crippen MR) is 142 cm³/mol. The summed E-state index contributed by atoms with van der Waals surface area (Å²) in [5.74, 6) is -2.36. The Kier molecular flexibility index (Phi) is 8.39. The molecule has 4 heterocycles. The van der Waals surface area contributed by atoms with Gasteiger partial charge in [-0.2, -0.15) is 0 Å². The molecule has 3 unspecified atom stereocenters. The highest BCUT2D eigenvalue weighted by molar-refractivity contribution is 9.09. The lowest BCUT2D eigenvalue weighted by Gasteiger charge is -2.36. The van der Waals surface area contributed by atoms with Crippen LogP contribution in [-0.4, -0.2) is 107 Å². The Balaban J connectivity index is 1.37. The van der Waals surface area contributed by atoms with E-state index in [-0.39, 0.29) is 29.2 Å². The number of aliphatic hydroxyl groups excluding tert-OH is 1. The zero-order valence-electron chi connectivity index (χ0n) is 21.7. The first kappa shape index (κ1) is 27.5. The number of carbonyl (C=O) groups is 3. The average Bonchev–Trinajstić information content (AvgIpc) is 3.53. The highest BCUT2D eigenvalue weighted by atomic mass is 79.9. The molecule has 4 saturated heterocycles.